The lowest BCUT2D eigenvalue weighted by molar-refractivity contribution is 0.114. The van der Waals surface area contributed by atoms with Crippen LogP contribution in [0.2, 0.25) is 0 Å². The van der Waals surface area contributed by atoms with Crippen LogP contribution in [0, 0.1) is 5.92 Å². The van der Waals surface area contributed by atoms with E-state index in [9.17, 15) is 5.11 Å². The predicted molar refractivity (Wildman–Crippen MR) is 105 cm³/mol. The van der Waals surface area contributed by atoms with E-state index in [-0.39, 0.29) is 11.8 Å². The van der Waals surface area contributed by atoms with Gasteiger partial charge in [-0.05, 0) is 34.7 Å². The summed E-state index contributed by atoms with van der Waals surface area (Å²) in [5, 5.41) is 12.4. The highest BCUT2D eigenvalue weighted by molar-refractivity contribution is 5.84. The summed E-state index contributed by atoms with van der Waals surface area (Å²) >= 11 is 0. The van der Waals surface area contributed by atoms with E-state index in [1.54, 1.807) is 0 Å². The molecule has 0 aliphatic heterocycles. The Labute approximate surface area is 153 Å². The molecule has 0 amide bonds. The van der Waals surface area contributed by atoms with E-state index in [1.165, 1.54) is 22.1 Å². The molecule has 0 spiro atoms. The number of benzene rings is 3. The van der Waals surface area contributed by atoms with Gasteiger partial charge in [0, 0.05) is 28.9 Å². The van der Waals surface area contributed by atoms with Crippen LogP contribution in [-0.2, 0) is 6.42 Å². The Bertz CT molecular complexity index is 1050. The van der Waals surface area contributed by atoms with Gasteiger partial charge in [0.2, 0.25) is 0 Å². The number of para-hydroxylation sites is 1. The maximum Gasteiger partial charge on any atom is 0.0833 e. The normalized spacial score (nSPS) is 20.2. The predicted octanol–water partition coefficient (Wildman–Crippen LogP) is 5.21. The zero-order valence-electron chi connectivity index (χ0n) is 14.5. The fourth-order valence-electron chi connectivity index (χ4n) is 4.57. The summed E-state index contributed by atoms with van der Waals surface area (Å²) in [6, 6.07) is 27.3. The molecule has 0 unspecified atom stereocenters. The fourth-order valence-corrected chi connectivity index (χ4v) is 4.57. The Morgan fingerprint density at radius 2 is 1.58 bits per heavy atom. The highest BCUT2D eigenvalue weighted by Gasteiger charge is 2.38. The standard InChI is InChI=1S/C24H21NO/c26-24-18-11-5-4-10-17(18)14-20(24)23(16-8-2-1-3-9-16)21-15-25-22-13-7-6-12-19(21)22/h1-13,15,20,23-26H,14H2/t20-,23+,24-/m1/s1. The minimum Gasteiger partial charge on any atom is -0.388 e. The van der Waals surface area contributed by atoms with Gasteiger partial charge in [0.25, 0.3) is 0 Å². The molecular weight excluding hydrogens is 318 g/mol. The number of aliphatic hydroxyl groups excluding tert-OH is 1. The third-order valence-electron chi connectivity index (χ3n) is 5.78. The van der Waals surface area contributed by atoms with Crippen LogP contribution in [0.5, 0.6) is 0 Å². The summed E-state index contributed by atoms with van der Waals surface area (Å²) in [6.45, 7) is 0. The Morgan fingerprint density at radius 3 is 2.42 bits per heavy atom. The second-order valence-electron chi connectivity index (χ2n) is 7.19. The van der Waals surface area contributed by atoms with E-state index in [0.717, 1.165) is 17.5 Å². The van der Waals surface area contributed by atoms with E-state index >= 15 is 0 Å². The van der Waals surface area contributed by atoms with Gasteiger partial charge in [-0.1, -0.05) is 72.8 Å². The number of aromatic nitrogens is 1. The molecule has 4 aromatic rings. The number of hydrogen-bond acceptors (Lipinski definition) is 1. The molecule has 1 aromatic heterocycles. The second kappa shape index (κ2) is 6.15. The first-order valence-electron chi connectivity index (χ1n) is 9.20. The molecule has 1 aliphatic rings. The molecule has 1 heterocycles. The lowest BCUT2D eigenvalue weighted by Gasteiger charge is -2.27. The highest BCUT2D eigenvalue weighted by atomic mass is 16.3. The Hall–Kier alpha value is -2.84. The molecule has 3 aromatic carbocycles. The molecule has 3 atom stereocenters. The average molecular weight is 339 g/mol. The van der Waals surface area contributed by atoms with Crippen LogP contribution in [-0.4, -0.2) is 10.1 Å². The number of hydrogen-bond donors (Lipinski definition) is 2. The van der Waals surface area contributed by atoms with Crippen molar-refractivity contribution < 1.29 is 5.11 Å². The van der Waals surface area contributed by atoms with Crippen LogP contribution in [0.1, 0.15) is 34.3 Å². The number of nitrogens with one attached hydrogen (secondary N) is 1. The van der Waals surface area contributed by atoms with Crippen LogP contribution in [0.15, 0.2) is 85.1 Å². The number of fused-ring (bicyclic) bond motifs is 2. The molecule has 2 nitrogen and oxygen atoms in total. The van der Waals surface area contributed by atoms with Gasteiger partial charge in [-0.2, -0.15) is 0 Å². The molecule has 1 aliphatic carbocycles. The molecule has 2 N–H and O–H groups in total. The minimum absolute atomic E-state index is 0.133. The molecule has 5 rings (SSSR count). The third-order valence-corrected chi connectivity index (χ3v) is 5.78. The van der Waals surface area contributed by atoms with Crippen molar-refractivity contribution in [2.45, 2.75) is 18.4 Å². The fraction of sp³-hybridized carbons (Fsp3) is 0.167. The van der Waals surface area contributed by atoms with Gasteiger partial charge >= 0.3 is 0 Å². The molecule has 26 heavy (non-hydrogen) atoms. The largest absolute Gasteiger partial charge is 0.388 e. The quantitative estimate of drug-likeness (QED) is 0.528. The Morgan fingerprint density at radius 1 is 0.846 bits per heavy atom. The lowest BCUT2D eigenvalue weighted by atomic mass is 9.78. The van der Waals surface area contributed by atoms with E-state index < -0.39 is 6.10 Å². The lowest BCUT2D eigenvalue weighted by Crippen LogP contribution is -2.18. The summed E-state index contributed by atoms with van der Waals surface area (Å²) in [6.07, 6.45) is 2.58. The first-order chi connectivity index (χ1) is 12.8. The van der Waals surface area contributed by atoms with E-state index in [0.29, 0.717) is 0 Å². The smallest absolute Gasteiger partial charge is 0.0833 e. The van der Waals surface area contributed by atoms with Crippen molar-refractivity contribution in [3.05, 3.63) is 107 Å². The molecule has 2 heteroatoms. The molecular formula is C24H21NO. The van der Waals surface area contributed by atoms with Gasteiger partial charge in [-0.25, -0.2) is 0 Å². The molecule has 128 valence electrons. The summed E-state index contributed by atoms with van der Waals surface area (Å²) in [5.74, 6) is 0.281. The Kier molecular flexibility index (Phi) is 3.65. The topological polar surface area (TPSA) is 36.0 Å². The van der Waals surface area contributed by atoms with Crippen LogP contribution < -0.4 is 0 Å². The van der Waals surface area contributed by atoms with Crippen molar-refractivity contribution in [2.75, 3.05) is 0 Å². The van der Waals surface area contributed by atoms with Crippen molar-refractivity contribution in [2.24, 2.45) is 5.92 Å². The van der Waals surface area contributed by atoms with E-state index in [2.05, 4.69) is 84.0 Å². The van der Waals surface area contributed by atoms with Crippen LogP contribution in [0.25, 0.3) is 10.9 Å². The monoisotopic (exact) mass is 339 g/mol. The summed E-state index contributed by atoms with van der Waals surface area (Å²) < 4.78 is 0. The van der Waals surface area contributed by atoms with Crippen LogP contribution in [0.3, 0.4) is 0 Å². The first kappa shape index (κ1) is 15.4. The second-order valence-corrected chi connectivity index (χ2v) is 7.19. The highest BCUT2D eigenvalue weighted by Crippen LogP contribution is 2.47. The van der Waals surface area contributed by atoms with E-state index in [4.69, 9.17) is 0 Å². The molecule has 0 saturated heterocycles. The van der Waals surface area contributed by atoms with E-state index in [1.807, 2.05) is 6.07 Å². The molecule has 0 fully saturated rings. The van der Waals surface area contributed by atoms with Gasteiger partial charge in [-0.3, -0.25) is 0 Å². The van der Waals surface area contributed by atoms with Crippen LogP contribution >= 0.6 is 0 Å². The summed E-state index contributed by atoms with van der Waals surface area (Å²) in [7, 11) is 0. The average Bonchev–Trinajstić information content (AvgIpc) is 3.26. The van der Waals surface area contributed by atoms with Gasteiger partial charge in [0.05, 0.1) is 6.10 Å². The number of aromatic amines is 1. The van der Waals surface area contributed by atoms with Gasteiger partial charge in [0.15, 0.2) is 0 Å². The van der Waals surface area contributed by atoms with Crippen LogP contribution in [0.4, 0.5) is 0 Å². The number of aliphatic hydroxyl groups is 1. The minimum atomic E-state index is -0.440. The third kappa shape index (κ3) is 2.38. The molecule has 0 radical (unpaired) electrons. The molecule has 0 bridgehead atoms. The van der Waals surface area contributed by atoms with Crippen molar-refractivity contribution in [1.29, 1.82) is 0 Å². The Balaban J connectivity index is 1.67. The van der Waals surface area contributed by atoms with Gasteiger partial charge in [0.1, 0.15) is 0 Å². The van der Waals surface area contributed by atoms with Gasteiger partial charge < -0.3 is 10.1 Å². The zero-order valence-corrected chi connectivity index (χ0v) is 14.5. The van der Waals surface area contributed by atoms with Crippen molar-refractivity contribution in [1.82, 2.24) is 4.98 Å². The number of H-pyrrole nitrogens is 1. The SMILES string of the molecule is O[C@@H]1c2ccccc2C[C@@H]1[C@H](c1ccccc1)c1c[nH]c2ccccc12. The van der Waals surface area contributed by atoms with Crippen molar-refractivity contribution in [3.63, 3.8) is 0 Å². The van der Waals surface area contributed by atoms with Gasteiger partial charge in [-0.15, -0.1) is 0 Å². The van der Waals surface area contributed by atoms with Crippen molar-refractivity contribution >= 4 is 10.9 Å². The maximum absolute atomic E-state index is 11.1. The number of rotatable bonds is 3. The molecule has 0 saturated carbocycles. The maximum atomic E-state index is 11.1. The van der Waals surface area contributed by atoms with Crippen molar-refractivity contribution in [3.8, 4) is 0 Å². The zero-order chi connectivity index (χ0) is 17.5. The summed E-state index contributed by atoms with van der Waals surface area (Å²) in [5.41, 5.74) is 6.02. The summed E-state index contributed by atoms with van der Waals surface area (Å²) in [4.78, 5) is 3.42. The first-order valence-corrected chi connectivity index (χ1v) is 9.20.